The molecule has 2 rings (SSSR count). The highest BCUT2D eigenvalue weighted by atomic mass is 16.5. The monoisotopic (exact) mass is 343 g/mol. The van der Waals surface area contributed by atoms with Gasteiger partial charge in [0.2, 0.25) is 5.75 Å². The van der Waals surface area contributed by atoms with Crippen molar-refractivity contribution in [2.75, 3.05) is 26.1 Å². The summed E-state index contributed by atoms with van der Waals surface area (Å²) in [5.41, 5.74) is 3.77. The molecule has 0 aliphatic carbocycles. The number of carbonyl (C=O) groups is 1. The van der Waals surface area contributed by atoms with Gasteiger partial charge in [-0.1, -0.05) is 18.2 Å². The number of methoxy groups -OCH3 is 2. The lowest BCUT2D eigenvalue weighted by Gasteiger charge is -2.14. The van der Waals surface area contributed by atoms with Gasteiger partial charge in [-0.2, -0.15) is 5.10 Å². The molecule has 0 aliphatic rings. The number of hydrogen-bond acceptors (Lipinski definition) is 5. The van der Waals surface area contributed by atoms with Crippen LogP contribution in [-0.4, -0.2) is 33.1 Å². The molecule has 0 saturated heterocycles. The molecule has 0 aliphatic heterocycles. The maximum Gasteiger partial charge on any atom is 0.339 e. The number of carbonyl (C=O) groups excluding carboxylic acids is 1. The first-order chi connectivity index (χ1) is 12.2. The van der Waals surface area contributed by atoms with E-state index in [1.54, 1.807) is 38.5 Å². The van der Waals surface area contributed by atoms with Crippen molar-refractivity contribution in [2.24, 2.45) is 5.10 Å². The quantitative estimate of drug-likeness (QED) is 0.597. The lowest BCUT2D eigenvalue weighted by molar-refractivity contribution is 0.252. The summed E-state index contributed by atoms with van der Waals surface area (Å²) in [6, 6.07) is 12.1. The van der Waals surface area contributed by atoms with E-state index in [1.165, 1.54) is 6.21 Å². The van der Waals surface area contributed by atoms with Gasteiger partial charge in [-0.25, -0.2) is 10.2 Å². The molecule has 0 fully saturated rings. The van der Waals surface area contributed by atoms with Crippen LogP contribution >= 0.6 is 0 Å². The molecule has 2 amide bonds. The minimum absolute atomic E-state index is 0.438. The van der Waals surface area contributed by atoms with E-state index in [0.717, 1.165) is 0 Å². The van der Waals surface area contributed by atoms with Gasteiger partial charge in [0.25, 0.3) is 0 Å². The zero-order valence-electron chi connectivity index (χ0n) is 14.4. The summed E-state index contributed by atoms with van der Waals surface area (Å²) < 4.78 is 16.2. The maximum atomic E-state index is 11.8. The van der Waals surface area contributed by atoms with Gasteiger partial charge >= 0.3 is 6.03 Å². The summed E-state index contributed by atoms with van der Waals surface area (Å²) in [5.74, 6) is 1.58. The van der Waals surface area contributed by atoms with Crippen LogP contribution in [0.5, 0.6) is 17.2 Å². The first-order valence-corrected chi connectivity index (χ1v) is 7.71. The smallest absolute Gasteiger partial charge is 0.339 e. The van der Waals surface area contributed by atoms with Crippen molar-refractivity contribution >= 4 is 17.9 Å². The van der Waals surface area contributed by atoms with Gasteiger partial charge in [0, 0.05) is 11.3 Å². The van der Waals surface area contributed by atoms with Crippen LogP contribution in [0.4, 0.5) is 10.5 Å². The summed E-state index contributed by atoms with van der Waals surface area (Å²) in [4.78, 5) is 11.8. The van der Waals surface area contributed by atoms with Gasteiger partial charge in [-0.15, -0.1) is 0 Å². The molecule has 0 bridgehead atoms. The maximum absolute atomic E-state index is 11.8. The molecule has 0 radical (unpaired) electrons. The highest BCUT2D eigenvalue weighted by Crippen LogP contribution is 2.38. The van der Waals surface area contributed by atoms with Crippen LogP contribution in [-0.2, 0) is 0 Å². The summed E-state index contributed by atoms with van der Waals surface area (Å²) in [6.07, 6.45) is 1.49. The standard InChI is InChI=1S/C18H21N3O4/c1-4-25-17-15(23-2)10-13(11-16(17)24-3)12-19-21-18(22)20-14-8-6-5-7-9-14/h5-12H,4H2,1-3H3,(H2,20,21,22)/b19-12+. The molecule has 2 aromatic carbocycles. The van der Waals surface area contributed by atoms with Gasteiger partial charge in [-0.05, 0) is 31.2 Å². The van der Waals surface area contributed by atoms with E-state index in [9.17, 15) is 4.79 Å². The fraction of sp³-hybridized carbons (Fsp3) is 0.222. The predicted octanol–water partition coefficient (Wildman–Crippen LogP) is 3.26. The molecule has 132 valence electrons. The van der Waals surface area contributed by atoms with Crippen LogP contribution in [0.15, 0.2) is 47.6 Å². The van der Waals surface area contributed by atoms with Crippen molar-refractivity contribution in [3.05, 3.63) is 48.0 Å². The van der Waals surface area contributed by atoms with Gasteiger partial charge < -0.3 is 19.5 Å². The van der Waals surface area contributed by atoms with Crippen molar-refractivity contribution < 1.29 is 19.0 Å². The minimum Gasteiger partial charge on any atom is -0.493 e. The van der Waals surface area contributed by atoms with Crippen molar-refractivity contribution in [3.8, 4) is 17.2 Å². The fourth-order valence-corrected chi connectivity index (χ4v) is 2.11. The highest BCUT2D eigenvalue weighted by Gasteiger charge is 2.13. The first-order valence-electron chi connectivity index (χ1n) is 7.71. The van der Waals surface area contributed by atoms with Gasteiger partial charge in [0.1, 0.15) is 0 Å². The second-order valence-electron chi connectivity index (χ2n) is 4.88. The van der Waals surface area contributed by atoms with Gasteiger partial charge in [-0.3, -0.25) is 0 Å². The van der Waals surface area contributed by atoms with Crippen LogP contribution in [0, 0.1) is 0 Å². The molecular formula is C18H21N3O4. The van der Waals surface area contributed by atoms with E-state index in [-0.39, 0.29) is 0 Å². The van der Waals surface area contributed by atoms with Gasteiger partial charge in [0.15, 0.2) is 11.5 Å². The number of rotatable bonds is 7. The number of nitrogens with zero attached hydrogens (tertiary/aromatic N) is 1. The number of hydrogen-bond donors (Lipinski definition) is 2. The van der Waals surface area contributed by atoms with Crippen molar-refractivity contribution in [1.29, 1.82) is 0 Å². The molecule has 2 N–H and O–H groups in total. The van der Waals surface area contributed by atoms with Crippen molar-refractivity contribution in [3.63, 3.8) is 0 Å². The summed E-state index contributed by atoms with van der Waals surface area (Å²) in [6.45, 7) is 2.37. The summed E-state index contributed by atoms with van der Waals surface area (Å²) in [5, 5.41) is 6.59. The molecule has 0 unspecified atom stereocenters. The molecule has 0 atom stereocenters. The van der Waals surface area contributed by atoms with Crippen LogP contribution in [0.1, 0.15) is 12.5 Å². The lowest BCUT2D eigenvalue weighted by atomic mass is 10.2. The molecule has 7 nitrogen and oxygen atoms in total. The topological polar surface area (TPSA) is 81.2 Å². The Morgan fingerprint density at radius 1 is 1.12 bits per heavy atom. The van der Waals surface area contributed by atoms with Crippen LogP contribution in [0.3, 0.4) is 0 Å². The Bertz CT molecular complexity index is 707. The fourth-order valence-electron chi connectivity index (χ4n) is 2.11. The van der Waals surface area contributed by atoms with E-state index in [2.05, 4.69) is 15.8 Å². The van der Waals surface area contributed by atoms with Crippen molar-refractivity contribution in [1.82, 2.24) is 5.43 Å². The summed E-state index contributed by atoms with van der Waals surface area (Å²) >= 11 is 0. The van der Waals surface area contributed by atoms with E-state index >= 15 is 0 Å². The number of para-hydroxylation sites is 1. The molecule has 2 aromatic rings. The molecule has 0 saturated carbocycles. The Balaban J connectivity index is 2.06. The zero-order valence-corrected chi connectivity index (χ0v) is 14.4. The summed E-state index contributed by atoms with van der Waals surface area (Å²) in [7, 11) is 3.09. The SMILES string of the molecule is CCOc1c(OC)cc(/C=N/NC(=O)Nc2ccccc2)cc1OC. The largest absolute Gasteiger partial charge is 0.493 e. The second-order valence-corrected chi connectivity index (χ2v) is 4.88. The zero-order chi connectivity index (χ0) is 18.1. The third kappa shape index (κ3) is 5.13. The number of amides is 2. The van der Waals surface area contributed by atoms with Gasteiger partial charge in [0.05, 0.1) is 27.0 Å². The van der Waals surface area contributed by atoms with E-state index in [0.29, 0.717) is 35.1 Å². The lowest BCUT2D eigenvalue weighted by Crippen LogP contribution is -2.24. The Labute approximate surface area is 146 Å². The number of benzene rings is 2. The van der Waals surface area contributed by atoms with E-state index in [4.69, 9.17) is 14.2 Å². The predicted molar refractivity (Wildman–Crippen MR) is 96.9 cm³/mol. The third-order valence-electron chi connectivity index (χ3n) is 3.18. The highest BCUT2D eigenvalue weighted by molar-refractivity contribution is 5.90. The van der Waals surface area contributed by atoms with E-state index < -0.39 is 6.03 Å². The number of urea groups is 1. The Morgan fingerprint density at radius 2 is 1.76 bits per heavy atom. The molecule has 0 heterocycles. The minimum atomic E-state index is -0.438. The molecule has 0 spiro atoms. The number of nitrogens with one attached hydrogen (secondary N) is 2. The van der Waals surface area contributed by atoms with E-state index in [1.807, 2.05) is 25.1 Å². The second kappa shape index (κ2) is 9.17. The molecular weight excluding hydrogens is 322 g/mol. The Hall–Kier alpha value is -3.22. The van der Waals surface area contributed by atoms with Crippen molar-refractivity contribution in [2.45, 2.75) is 6.92 Å². The molecule has 7 heteroatoms. The number of ether oxygens (including phenoxy) is 3. The average molecular weight is 343 g/mol. The van der Waals surface area contributed by atoms with Crippen LogP contribution in [0.2, 0.25) is 0 Å². The molecule has 25 heavy (non-hydrogen) atoms. The number of hydrazone groups is 1. The van der Waals surface area contributed by atoms with Crippen LogP contribution < -0.4 is 25.0 Å². The average Bonchev–Trinajstić information content (AvgIpc) is 2.63. The first kappa shape index (κ1) is 18.1. The number of anilines is 1. The Kier molecular flexibility index (Phi) is 6.65. The molecule has 0 aromatic heterocycles. The normalized spacial score (nSPS) is 10.4. The van der Waals surface area contributed by atoms with Crippen LogP contribution in [0.25, 0.3) is 0 Å². The third-order valence-corrected chi connectivity index (χ3v) is 3.18. The Morgan fingerprint density at radius 3 is 2.32 bits per heavy atom.